The number of hydrogen-bond acceptors (Lipinski definition) is 6. The molecular formula is C22H24N2O5S2. The first-order valence-electron chi connectivity index (χ1n) is 10.1. The number of carbonyl (C=O) groups excluding carboxylic acids is 1. The maximum atomic E-state index is 13.2. The third kappa shape index (κ3) is 5.24. The molecule has 0 aliphatic carbocycles. The largest absolute Gasteiger partial charge is 0.467 e. The van der Waals surface area contributed by atoms with Gasteiger partial charge in [0, 0.05) is 30.1 Å². The van der Waals surface area contributed by atoms with Gasteiger partial charge >= 0.3 is 0 Å². The molecule has 0 bridgehead atoms. The first-order chi connectivity index (χ1) is 15.0. The van der Waals surface area contributed by atoms with Crippen molar-refractivity contribution >= 4 is 27.3 Å². The van der Waals surface area contributed by atoms with Crippen molar-refractivity contribution in [3.05, 3.63) is 76.4 Å². The smallest absolute Gasteiger partial charge is 0.254 e. The Morgan fingerprint density at radius 1 is 1.06 bits per heavy atom. The number of morpholine rings is 1. The topological polar surface area (TPSA) is 80.1 Å². The highest BCUT2D eigenvalue weighted by Gasteiger charge is 2.27. The molecule has 0 spiro atoms. The highest BCUT2D eigenvalue weighted by Crippen LogP contribution is 2.20. The highest BCUT2D eigenvalue weighted by molar-refractivity contribution is 7.89. The van der Waals surface area contributed by atoms with Gasteiger partial charge < -0.3 is 14.1 Å². The summed E-state index contributed by atoms with van der Waals surface area (Å²) in [6.45, 7) is 2.34. The van der Waals surface area contributed by atoms with Crippen LogP contribution in [0.3, 0.4) is 0 Å². The fourth-order valence-electron chi connectivity index (χ4n) is 3.43. The molecule has 164 valence electrons. The van der Waals surface area contributed by atoms with Gasteiger partial charge in [0.05, 0.1) is 30.9 Å². The Labute approximate surface area is 185 Å². The third-order valence-corrected chi connectivity index (χ3v) is 7.98. The Balaban J connectivity index is 1.50. The number of ether oxygens (including phenoxy) is 1. The molecule has 3 aromatic rings. The first-order valence-corrected chi connectivity index (χ1v) is 12.4. The normalized spacial score (nSPS) is 15.1. The van der Waals surface area contributed by atoms with Gasteiger partial charge in [-0.05, 0) is 54.3 Å². The van der Waals surface area contributed by atoms with E-state index in [4.69, 9.17) is 9.15 Å². The lowest BCUT2D eigenvalue weighted by molar-refractivity contribution is 0.0730. The van der Waals surface area contributed by atoms with Crippen LogP contribution in [0.1, 0.15) is 21.0 Å². The molecular weight excluding hydrogens is 436 g/mol. The van der Waals surface area contributed by atoms with Gasteiger partial charge in [-0.25, -0.2) is 8.42 Å². The molecule has 1 amide bonds. The van der Waals surface area contributed by atoms with Crippen LogP contribution in [0.25, 0.3) is 0 Å². The van der Waals surface area contributed by atoms with Crippen molar-refractivity contribution in [3.8, 4) is 0 Å². The molecule has 1 aromatic carbocycles. The second-order valence-electron chi connectivity index (χ2n) is 7.18. The van der Waals surface area contributed by atoms with E-state index < -0.39 is 10.0 Å². The van der Waals surface area contributed by atoms with Crippen LogP contribution in [0.15, 0.2) is 69.5 Å². The Bertz CT molecular complexity index is 1070. The zero-order chi connectivity index (χ0) is 21.7. The third-order valence-electron chi connectivity index (χ3n) is 5.13. The van der Waals surface area contributed by atoms with Crippen LogP contribution in [-0.4, -0.2) is 56.4 Å². The summed E-state index contributed by atoms with van der Waals surface area (Å²) in [5.41, 5.74) is 0.443. The van der Waals surface area contributed by atoms with Gasteiger partial charge in [0.25, 0.3) is 5.91 Å². The van der Waals surface area contributed by atoms with Crippen LogP contribution >= 0.6 is 11.3 Å². The van der Waals surface area contributed by atoms with Gasteiger partial charge in [-0.2, -0.15) is 4.31 Å². The molecule has 0 radical (unpaired) electrons. The van der Waals surface area contributed by atoms with Crippen molar-refractivity contribution in [1.29, 1.82) is 0 Å². The molecule has 7 nitrogen and oxygen atoms in total. The van der Waals surface area contributed by atoms with E-state index in [1.54, 1.807) is 40.7 Å². The maximum absolute atomic E-state index is 13.2. The Morgan fingerprint density at radius 2 is 1.84 bits per heavy atom. The van der Waals surface area contributed by atoms with E-state index in [0.717, 1.165) is 6.42 Å². The quantitative estimate of drug-likeness (QED) is 0.516. The summed E-state index contributed by atoms with van der Waals surface area (Å²) in [7, 11) is -3.59. The Kier molecular flexibility index (Phi) is 6.86. The number of benzene rings is 1. The summed E-state index contributed by atoms with van der Waals surface area (Å²) >= 11 is 1.66. The van der Waals surface area contributed by atoms with Crippen LogP contribution in [0.4, 0.5) is 0 Å². The molecule has 9 heteroatoms. The van der Waals surface area contributed by atoms with Crippen LogP contribution in [0.5, 0.6) is 0 Å². The van der Waals surface area contributed by atoms with Crippen molar-refractivity contribution in [2.24, 2.45) is 0 Å². The van der Waals surface area contributed by atoms with Gasteiger partial charge in [-0.3, -0.25) is 4.79 Å². The molecule has 0 N–H and O–H groups in total. The second kappa shape index (κ2) is 9.78. The first kappa shape index (κ1) is 21.8. The fourth-order valence-corrected chi connectivity index (χ4v) is 5.54. The number of nitrogens with zero attached hydrogens (tertiary/aromatic N) is 2. The van der Waals surface area contributed by atoms with E-state index in [2.05, 4.69) is 0 Å². The van der Waals surface area contributed by atoms with Crippen LogP contribution in [0, 0.1) is 0 Å². The molecule has 4 rings (SSSR count). The highest BCUT2D eigenvalue weighted by atomic mass is 32.2. The van der Waals surface area contributed by atoms with Crippen LogP contribution in [-0.2, 0) is 27.7 Å². The summed E-state index contributed by atoms with van der Waals surface area (Å²) in [6.07, 6.45) is 2.33. The van der Waals surface area contributed by atoms with E-state index >= 15 is 0 Å². The van der Waals surface area contributed by atoms with Gasteiger partial charge in [0.2, 0.25) is 10.0 Å². The molecule has 1 aliphatic heterocycles. The van der Waals surface area contributed by atoms with Crippen LogP contribution in [0.2, 0.25) is 0 Å². The zero-order valence-electron chi connectivity index (χ0n) is 17.0. The molecule has 1 fully saturated rings. The average molecular weight is 461 g/mol. The number of carbonyl (C=O) groups is 1. The lowest BCUT2D eigenvalue weighted by Crippen LogP contribution is -2.40. The van der Waals surface area contributed by atoms with Gasteiger partial charge in [0.15, 0.2) is 0 Å². The van der Waals surface area contributed by atoms with Crippen molar-refractivity contribution in [2.75, 3.05) is 32.8 Å². The van der Waals surface area contributed by atoms with Gasteiger partial charge in [-0.1, -0.05) is 6.07 Å². The molecule has 1 saturated heterocycles. The Hall–Kier alpha value is -2.46. The van der Waals surface area contributed by atoms with E-state index in [1.165, 1.54) is 21.3 Å². The minimum atomic E-state index is -3.59. The SMILES string of the molecule is O=C(c1ccc(S(=O)(=O)N2CCOCC2)cc1)N(CCc1cccs1)Cc1ccco1. The van der Waals surface area contributed by atoms with Crippen molar-refractivity contribution in [3.63, 3.8) is 0 Å². The fraction of sp³-hybridized carbons (Fsp3) is 0.318. The number of sulfonamides is 1. The summed E-state index contributed by atoms with van der Waals surface area (Å²) in [4.78, 5) is 16.3. The molecule has 0 unspecified atom stereocenters. The predicted molar refractivity (Wildman–Crippen MR) is 117 cm³/mol. The minimum absolute atomic E-state index is 0.164. The van der Waals surface area contributed by atoms with Crippen molar-refractivity contribution in [2.45, 2.75) is 17.9 Å². The van der Waals surface area contributed by atoms with E-state index in [1.807, 2.05) is 23.6 Å². The monoisotopic (exact) mass is 460 g/mol. The number of rotatable bonds is 8. The molecule has 0 atom stereocenters. The molecule has 0 saturated carbocycles. The number of furan rings is 1. The molecule has 2 aromatic heterocycles. The molecule has 1 aliphatic rings. The van der Waals surface area contributed by atoms with Gasteiger partial charge in [-0.15, -0.1) is 11.3 Å². The lowest BCUT2D eigenvalue weighted by Gasteiger charge is -2.26. The Morgan fingerprint density at radius 3 is 2.48 bits per heavy atom. The van der Waals surface area contributed by atoms with E-state index in [-0.39, 0.29) is 10.8 Å². The minimum Gasteiger partial charge on any atom is -0.467 e. The molecule has 3 heterocycles. The van der Waals surface area contributed by atoms with Gasteiger partial charge in [0.1, 0.15) is 5.76 Å². The second-order valence-corrected chi connectivity index (χ2v) is 10.1. The maximum Gasteiger partial charge on any atom is 0.254 e. The van der Waals surface area contributed by atoms with Crippen molar-refractivity contribution < 1.29 is 22.4 Å². The summed E-state index contributed by atoms with van der Waals surface area (Å²) in [5.74, 6) is 0.536. The average Bonchev–Trinajstić information content (AvgIpc) is 3.51. The number of amides is 1. The standard InChI is InChI=1S/C22H24N2O5S2/c25-22(23(17-19-3-1-13-29-19)10-9-20-4-2-16-30-20)18-5-7-21(8-6-18)31(26,27)24-11-14-28-15-12-24/h1-8,13,16H,9-12,14-15,17H2. The van der Waals surface area contributed by atoms with Crippen molar-refractivity contribution in [1.82, 2.24) is 9.21 Å². The summed E-state index contributed by atoms with van der Waals surface area (Å²) in [5, 5.41) is 2.02. The zero-order valence-corrected chi connectivity index (χ0v) is 18.6. The molecule has 31 heavy (non-hydrogen) atoms. The van der Waals surface area contributed by atoms with E-state index in [9.17, 15) is 13.2 Å². The number of thiophene rings is 1. The predicted octanol–water partition coefficient (Wildman–Crippen LogP) is 3.25. The lowest BCUT2D eigenvalue weighted by atomic mass is 10.2. The summed E-state index contributed by atoms with van der Waals surface area (Å²) in [6, 6.07) is 13.8. The summed E-state index contributed by atoms with van der Waals surface area (Å²) < 4.78 is 37.7. The van der Waals surface area contributed by atoms with Crippen LogP contribution < -0.4 is 0 Å². The number of hydrogen-bond donors (Lipinski definition) is 0. The van der Waals surface area contributed by atoms with E-state index in [0.29, 0.717) is 50.7 Å².